The van der Waals surface area contributed by atoms with Crippen LogP contribution in [0.1, 0.15) is 21.6 Å². The number of halogens is 4. The van der Waals surface area contributed by atoms with Gasteiger partial charge in [-0.05, 0) is 42.5 Å². The number of aliphatic hydroxyl groups excluding tert-OH is 1. The minimum absolute atomic E-state index is 0.0648. The van der Waals surface area contributed by atoms with Crippen LogP contribution in [-0.4, -0.2) is 34.1 Å². The smallest absolute Gasteiger partial charge is 0.395 e. The number of anilines is 2. The van der Waals surface area contributed by atoms with Gasteiger partial charge in [0.25, 0.3) is 5.91 Å². The second-order valence-electron chi connectivity index (χ2n) is 7.61. The van der Waals surface area contributed by atoms with Crippen molar-refractivity contribution in [3.8, 4) is 11.3 Å². The molecule has 0 unspecified atom stereocenters. The van der Waals surface area contributed by atoms with E-state index in [9.17, 15) is 22.4 Å². The van der Waals surface area contributed by atoms with Crippen LogP contribution >= 0.6 is 0 Å². The van der Waals surface area contributed by atoms with Crippen LogP contribution in [0.2, 0.25) is 0 Å². The van der Waals surface area contributed by atoms with Gasteiger partial charge in [-0.15, -0.1) is 0 Å². The Labute approximate surface area is 197 Å². The third-order valence-corrected chi connectivity index (χ3v) is 5.26. The lowest BCUT2D eigenvalue weighted by Gasteiger charge is -2.13. The SMILES string of the molecule is O=C(NCCO)c1ccc(CF)c(-c2ccc3c(Nc4ccc(C(F)(F)F)cc4)ccnc3c2)n1. The Kier molecular flexibility index (Phi) is 6.92. The van der Waals surface area contributed by atoms with E-state index in [4.69, 9.17) is 5.11 Å². The quantitative estimate of drug-likeness (QED) is 0.312. The Balaban J connectivity index is 1.67. The average molecular weight is 484 g/mol. The first kappa shape index (κ1) is 24.1. The number of alkyl halides is 4. The molecule has 4 aromatic rings. The van der Waals surface area contributed by atoms with Crippen LogP contribution in [0.25, 0.3) is 22.2 Å². The molecule has 2 aromatic carbocycles. The zero-order valence-corrected chi connectivity index (χ0v) is 18.2. The van der Waals surface area contributed by atoms with E-state index in [0.717, 1.165) is 12.1 Å². The molecule has 2 heterocycles. The third kappa shape index (κ3) is 5.38. The number of aromatic nitrogens is 2. The second kappa shape index (κ2) is 10.1. The molecular weight excluding hydrogens is 464 g/mol. The van der Waals surface area contributed by atoms with Crippen LogP contribution in [0.4, 0.5) is 28.9 Å². The van der Waals surface area contributed by atoms with Crippen molar-refractivity contribution in [2.45, 2.75) is 12.9 Å². The third-order valence-electron chi connectivity index (χ3n) is 5.26. The predicted molar refractivity (Wildman–Crippen MR) is 124 cm³/mol. The summed E-state index contributed by atoms with van der Waals surface area (Å²) < 4.78 is 52.1. The lowest BCUT2D eigenvalue weighted by Crippen LogP contribution is -2.27. The fourth-order valence-corrected chi connectivity index (χ4v) is 3.53. The largest absolute Gasteiger partial charge is 0.416 e. The van der Waals surface area contributed by atoms with Crippen molar-refractivity contribution < 1.29 is 27.5 Å². The highest BCUT2D eigenvalue weighted by molar-refractivity contribution is 5.96. The van der Waals surface area contributed by atoms with Crippen LogP contribution in [-0.2, 0) is 12.9 Å². The second-order valence-corrected chi connectivity index (χ2v) is 7.61. The first-order valence-corrected chi connectivity index (χ1v) is 10.6. The normalized spacial score (nSPS) is 11.5. The van der Waals surface area contributed by atoms with Gasteiger partial charge in [0.05, 0.1) is 23.4 Å². The minimum atomic E-state index is -4.42. The van der Waals surface area contributed by atoms with Gasteiger partial charge in [-0.3, -0.25) is 9.78 Å². The van der Waals surface area contributed by atoms with Crippen molar-refractivity contribution in [1.29, 1.82) is 0 Å². The number of nitrogens with zero attached hydrogens (tertiary/aromatic N) is 2. The number of amides is 1. The fourth-order valence-electron chi connectivity index (χ4n) is 3.53. The number of pyridine rings is 2. The average Bonchev–Trinajstić information content (AvgIpc) is 2.86. The van der Waals surface area contributed by atoms with E-state index in [1.54, 1.807) is 30.5 Å². The Morgan fingerprint density at radius 2 is 1.77 bits per heavy atom. The molecule has 35 heavy (non-hydrogen) atoms. The molecule has 0 aliphatic heterocycles. The van der Waals surface area contributed by atoms with E-state index in [1.165, 1.54) is 24.3 Å². The molecule has 10 heteroatoms. The maximum atomic E-state index is 13.7. The Bertz CT molecular complexity index is 1360. The zero-order chi connectivity index (χ0) is 25.0. The van der Waals surface area contributed by atoms with E-state index in [2.05, 4.69) is 20.6 Å². The molecule has 0 atom stereocenters. The molecule has 180 valence electrons. The van der Waals surface area contributed by atoms with E-state index < -0.39 is 24.3 Å². The predicted octanol–water partition coefficient (Wildman–Crippen LogP) is 5.25. The summed E-state index contributed by atoms with van der Waals surface area (Å²) in [7, 11) is 0. The highest BCUT2D eigenvalue weighted by atomic mass is 19.4. The van der Waals surface area contributed by atoms with Crippen LogP contribution in [0, 0.1) is 0 Å². The van der Waals surface area contributed by atoms with E-state index >= 15 is 0 Å². The fraction of sp³-hybridized carbons (Fsp3) is 0.160. The molecule has 1 amide bonds. The van der Waals surface area contributed by atoms with Crippen molar-refractivity contribution in [2.75, 3.05) is 18.5 Å². The van der Waals surface area contributed by atoms with Gasteiger partial charge < -0.3 is 15.7 Å². The van der Waals surface area contributed by atoms with Crippen LogP contribution in [0.3, 0.4) is 0 Å². The summed E-state index contributed by atoms with van der Waals surface area (Å²) in [4.78, 5) is 20.9. The Morgan fingerprint density at radius 3 is 2.46 bits per heavy atom. The summed E-state index contributed by atoms with van der Waals surface area (Å²) in [6.45, 7) is -0.947. The number of nitrogens with one attached hydrogen (secondary N) is 2. The summed E-state index contributed by atoms with van der Waals surface area (Å²) in [5.41, 5.74) is 2.10. The number of hydrogen-bond donors (Lipinski definition) is 3. The molecule has 0 bridgehead atoms. The van der Waals surface area contributed by atoms with Gasteiger partial charge in [0, 0.05) is 40.6 Å². The Hall–Kier alpha value is -4.05. The van der Waals surface area contributed by atoms with E-state index in [0.29, 0.717) is 33.4 Å². The number of carbonyl (C=O) groups excluding carboxylic acids is 1. The molecule has 6 nitrogen and oxygen atoms in total. The first-order chi connectivity index (χ1) is 16.8. The van der Waals surface area contributed by atoms with E-state index in [1.807, 2.05) is 0 Å². The summed E-state index contributed by atoms with van der Waals surface area (Å²) in [5.74, 6) is -0.493. The van der Waals surface area contributed by atoms with Gasteiger partial charge >= 0.3 is 6.18 Å². The number of benzene rings is 2. The van der Waals surface area contributed by atoms with Crippen molar-refractivity contribution in [1.82, 2.24) is 15.3 Å². The number of aliphatic hydroxyl groups is 1. The molecular formula is C25H20F4N4O2. The molecule has 3 N–H and O–H groups in total. The highest BCUT2D eigenvalue weighted by Crippen LogP contribution is 2.33. The lowest BCUT2D eigenvalue weighted by atomic mass is 10.0. The van der Waals surface area contributed by atoms with Crippen molar-refractivity contribution in [2.24, 2.45) is 0 Å². The summed E-state index contributed by atoms with van der Waals surface area (Å²) in [6.07, 6.45) is -2.87. The first-order valence-electron chi connectivity index (χ1n) is 10.6. The molecule has 0 fully saturated rings. The van der Waals surface area contributed by atoms with Gasteiger partial charge in [0.2, 0.25) is 0 Å². The number of carbonyl (C=O) groups is 1. The molecule has 0 radical (unpaired) electrons. The Morgan fingerprint density at radius 1 is 1.00 bits per heavy atom. The van der Waals surface area contributed by atoms with Crippen LogP contribution < -0.4 is 10.6 Å². The minimum Gasteiger partial charge on any atom is -0.395 e. The lowest BCUT2D eigenvalue weighted by molar-refractivity contribution is -0.137. The van der Waals surface area contributed by atoms with E-state index in [-0.39, 0.29) is 24.5 Å². The molecule has 0 aliphatic carbocycles. The molecule has 0 spiro atoms. The standard InChI is InChI=1S/C25H20F4N4O2/c26-14-16-2-8-21(24(35)31-11-12-34)33-23(16)15-1-7-19-20(9-10-30-22(19)13-15)32-18-5-3-17(4-6-18)25(27,28)29/h1-10,13,34H,11-12,14H2,(H,30,32)(H,31,35). The maximum absolute atomic E-state index is 13.7. The number of hydrogen-bond acceptors (Lipinski definition) is 5. The molecule has 0 aliphatic rings. The maximum Gasteiger partial charge on any atom is 0.416 e. The van der Waals surface area contributed by atoms with Crippen molar-refractivity contribution in [3.05, 3.63) is 83.7 Å². The highest BCUT2D eigenvalue weighted by Gasteiger charge is 2.29. The monoisotopic (exact) mass is 484 g/mol. The topological polar surface area (TPSA) is 87.1 Å². The molecule has 0 saturated carbocycles. The zero-order valence-electron chi connectivity index (χ0n) is 18.2. The summed E-state index contributed by atoms with van der Waals surface area (Å²) in [5, 5.41) is 15.2. The summed E-state index contributed by atoms with van der Waals surface area (Å²) in [6, 6.07) is 14.4. The van der Waals surface area contributed by atoms with Crippen molar-refractivity contribution in [3.63, 3.8) is 0 Å². The molecule has 4 rings (SSSR count). The molecule has 2 aromatic heterocycles. The van der Waals surface area contributed by atoms with Gasteiger partial charge in [-0.25, -0.2) is 9.37 Å². The van der Waals surface area contributed by atoms with Gasteiger partial charge in [-0.2, -0.15) is 13.2 Å². The molecule has 0 saturated heterocycles. The van der Waals surface area contributed by atoms with Crippen LogP contribution in [0.5, 0.6) is 0 Å². The van der Waals surface area contributed by atoms with Crippen LogP contribution in [0.15, 0.2) is 66.9 Å². The number of fused-ring (bicyclic) bond motifs is 1. The van der Waals surface area contributed by atoms with Gasteiger partial charge in [-0.1, -0.05) is 18.2 Å². The number of rotatable bonds is 7. The van der Waals surface area contributed by atoms with Gasteiger partial charge in [0.15, 0.2) is 0 Å². The van der Waals surface area contributed by atoms with Gasteiger partial charge in [0.1, 0.15) is 12.4 Å². The van der Waals surface area contributed by atoms with Crippen molar-refractivity contribution >= 4 is 28.2 Å². The summed E-state index contributed by atoms with van der Waals surface area (Å²) >= 11 is 0.